The van der Waals surface area contributed by atoms with Gasteiger partial charge in [-0.15, -0.1) is 0 Å². The Morgan fingerprint density at radius 2 is 1.46 bits per heavy atom. The molecule has 2 rings (SSSR count). The second-order valence-corrected chi connectivity index (χ2v) is 12.0. The summed E-state index contributed by atoms with van der Waals surface area (Å²) in [6.07, 6.45) is 14.4. The van der Waals surface area contributed by atoms with Gasteiger partial charge in [-0.1, -0.05) is 95.6 Å². The van der Waals surface area contributed by atoms with E-state index in [4.69, 9.17) is 5.11 Å². The van der Waals surface area contributed by atoms with Crippen LogP contribution in [-0.4, -0.2) is 44.0 Å². The molecule has 0 saturated heterocycles. The van der Waals surface area contributed by atoms with Crippen LogP contribution in [0.4, 0.5) is 11.4 Å². The number of hydrogen-bond donors (Lipinski definition) is 0. The Hall–Kier alpha value is -2.90. The van der Waals surface area contributed by atoms with E-state index in [9.17, 15) is 0 Å². The van der Waals surface area contributed by atoms with Crippen molar-refractivity contribution >= 4 is 11.4 Å². The van der Waals surface area contributed by atoms with Crippen LogP contribution in [0.2, 0.25) is 0 Å². The summed E-state index contributed by atoms with van der Waals surface area (Å²) in [7, 11) is 6.39. The van der Waals surface area contributed by atoms with Crippen molar-refractivity contribution in [2.75, 3.05) is 34.2 Å². The van der Waals surface area contributed by atoms with Crippen LogP contribution in [-0.2, 0) is 19.3 Å². The Morgan fingerprint density at radius 1 is 0.805 bits per heavy atom. The molecule has 2 aromatic rings. The molecule has 0 bridgehead atoms. The largest absolute Gasteiger partial charge is 0.367 e. The Morgan fingerprint density at radius 3 is 2.12 bits per heavy atom. The van der Waals surface area contributed by atoms with E-state index in [2.05, 4.69) is 118 Å². The molecule has 0 unspecified atom stereocenters. The zero-order chi connectivity index (χ0) is 29.9. The summed E-state index contributed by atoms with van der Waals surface area (Å²) in [6, 6.07) is 15.3. The first-order chi connectivity index (χ1) is 19.8. The molecule has 0 N–H and O–H groups in total. The van der Waals surface area contributed by atoms with Crippen LogP contribution >= 0.6 is 0 Å². The van der Waals surface area contributed by atoms with Crippen LogP contribution in [0.5, 0.6) is 0 Å². The van der Waals surface area contributed by atoms with Crippen molar-refractivity contribution in [3.8, 4) is 11.8 Å². The van der Waals surface area contributed by atoms with Crippen LogP contribution in [0.3, 0.4) is 0 Å². The van der Waals surface area contributed by atoms with E-state index in [1.807, 2.05) is 0 Å². The molecule has 0 aromatic heterocycles. The van der Waals surface area contributed by atoms with Crippen molar-refractivity contribution in [2.24, 2.45) is 16.1 Å². The molecular formula is C37H56N4. The van der Waals surface area contributed by atoms with E-state index in [1.54, 1.807) is 0 Å². The van der Waals surface area contributed by atoms with Crippen molar-refractivity contribution in [3.63, 3.8) is 0 Å². The quantitative estimate of drug-likeness (QED) is 0.0979. The van der Waals surface area contributed by atoms with Gasteiger partial charge in [-0.25, -0.2) is 0 Å². The highest BCUT2D eigenvalue weighted by Gasteiger charge is 2.05. The van der Waals surface area contributed by atoms with Crippen molar-refractivity contribution in [1.29, 1.82) is 0 Å². The maximum absolute atomic E-state index is 4.71. The third-order valence-corrected chi connectivity index (χ3v) is 7.50. The molecule has 224 valence electrons. The maximum atomic E-state index is 4.71. The number of rotatable bonds is 19. The molecule has 0 aliphatic carbocycles. The molecule has 41 heavy (non-hydrogen) atoms. The molecule has 0 saturated carbocycles. The normalized spacial score (nSPS) is 11.3. The average Bonchev–Trinajstić information content (AvgIpc) is 2.95. The predicted molar refractivity (Wildman–Crippen MR) is 178 cm³/mol. The van der Waals surface area contributed by atoms with Gasteiger partial charge in [0, 0.05) is 18.7 Å². The van der Waals surface area contributed by atoms with E-state index >= 15 is 0 Å². The average molecular weight is 557 g/mol. The Labute approximate surface area is 252 Å². The smallest absolute Gasteiger partial charge is 0.0891 e. The summed E-state index contributed by atoms with van der Waals surface area (Å²) in [6.45, 7) is 12.6. The molecule has 0 atom stereocenters. The molecule has 0 spiro atoms. The van der Waals surface area contributed by atoms with Gasteiger partial charge in [-0.2, -0.15) is 10.2 Å². The van der Waals surface area contributed by atoms with Gasteiger partial charge in [0.1, 0.15) is 0 Å². The van der Waals surface area contributed by atoms with Gasteiger partial charge in [0.15, 0.2) is 0 Å². The van der Waals surface area contributed by atoms with Gasteiger partial charge >= 0.3 is 0 Å². The second kappa shape index (κ2) is 20.1. The Balaban J connectivity index is 1.81. The number of azo groups is 1. The molecule has 0 aliphatic heterocycles. The van der Waals surface area contributed by atoms with E-state index in [1.165, 1.54) is 68.2 Å². The van der Waals surface area contributed by atoms with Crippen molar-refractivity contribution in [3.05, 3.63) is 71.4 Å². The SMILES string of the molecule is C=C(CCCc1ccc(/N=N/c2cc(CC)ccc2CCCCCCCCCN(C)C)cc1)N(C)CC#CC(C)C. The van der Waals surface area contributed by atoms with Gasteiger partial charge in [0.2, 0.25) is 0 Å². The van der Waals surface area contributed by atoms with Crippen LogP contribution in [0.25, 0.3) is 0 Å². The fourth-order valence-electron chi connectivity index (χ4n) is 4.77. The van der Waals surface area contributed by atoms with Crippen molar-refractivity contribution in [2.45, 2.75) is 97.8 Å². The lowest BCUT2D eigenvalue weighted by Gasteiger charge is -2.19. The number of nitrogens with zero attached hydrogens (tertiary/aromatic N) is 4. The summed E-state index contributed by atoms with van der Waals surface area (Å²) in [5.74, 6) is 6.87. The first-order valence-electron chi connectivity index (χ1n) is 15.9. The van der Waals surface area contributed by atoms with Gasteiger partial charge in [0.05, 0.1) is 17.9 Å². The summed E-state index contributed by atoms with van der Waals surface area (Å²) < 4.78 is 0. The molecular weight excluding hydrogens is 500 g/mol. The standard InChI is InChI=1S/C37H56N4/c1-8-33-22-25-35(21-14-12-10-9-11-13-15-28-40(5)6)37(30-33)39-38-36-26-23-34(24-27-36)20-16-19-32(4)41(7)29-17-18-31(2)3/h22-27,30-31H,4,8-16,19-21,28-29H2,1-3,5-7H3/b39-38+. The lowest BCUT2D eigenvalue weighted by molar-refractivity contribution is 0.389. The minimum atomic E-state index is 0.413. The minimum Gasteiger partial charge on any atom is -0.367 e. The number of benzene rings is 2. The number of hydrogen-bond acceptors (Lipinski definition) is 4. The fourth-order valence-corrected chi connectivity index (χ4v) is 4.77. The number of aryl methyl sites for hydroxylation is 3. The second-order valence-electron chi connectivity index (χ2n) is 12.0. The van der Waals surface area contributed by atoms with Gasteiger partial charge in [-0.3, -0.25) is 0 Å². The van der Waals surface area contributed by atoms with Crippen molar-refractivity contribution in [1.82, 2.24) is 9.80 Å². The Bertz CT molecular complexity index is 1100. The van der Waals surface area contributed by atoms with Crippen LogP contribution in [0.15, 0.2) is 65.0 Å². The highest BCUT2D eigenvalue weighted by Crippen LogP contribution is 2.27. The fraction of sp³-hybridized carbons (Fsp3) is 0.568. The molecule has 0 amide bonds. The third kappa shape index (κ3) is 15.1. The van der Waals surface area contributed by atoms with Crippen LogP contribution in [0.1, 0.15) is 95.2 Å². The van der Waals surface area contributed by atoms with Crippen LogP contribution < -0.4 is 0 Å². The van der Waals surface area contributed by atoms with Gasteiger partial charge < -0.3 is 9.80 Å². The maximum Gasteiger partial charge on any atom is 0.0891 e. The van der Waals surface area contributed by atoms with E-state index in [-0.39, 0.29) is 0 Å². The third-order valence-electron chi connectivity index (χ3n) is 7.50. The first kappa shape index (κ1) is 34.3. The molecule has 0 radical (unpaired) electrons. The zero-order valence-electron chi connectivity index (χ0n) is 27.0. The van der Waals surface area contributed by atoms with Gasteiger partial charge in [-0.05, 0) is 100 Å². The molecule has 4 nitrogen and oxygen atoms in total. The molecule has 4 heteroatoms. The van der Waals surface area contributed by atoms with E-state index in [0.29, 0.717) is 5.92 Å². The van der Waals surface area contributed by atoms with Gasteiger partial charge in [0.25, 0.3) is 0 Å². The lowest BCUT2D eigenvalue weighted by Crippen LogP contribution is -2.17. The summed E-state index contributed by atoms with van der Waals surface area (Å²) in [5, 5.41) is 9.32. The number of unbranched alkanes of at least 4 members (excludes halogenated alkanes) is 6. The van der Waals surface area contributed by atoms with E-state index in [0.717, 1.165) is 55.7 Å². The Kier molecular flexibility index (Phi) is 16.8. The summed E-state index contributed by atoms with van der Waals surface area (Å²) in [4.78, 5) is 4.44. The molecule has 0 heterocycles. The zero-order valence-corrected chi connectivity index (χ0v) is 27.0. The molecule has 0 fully saturated rings. The highest BCUT2D eigenvalue weighted by molar-refractivity contribution is 5.49. The van der Waals surface area contributed by atoms with Crippen molar-refractivity contribution < 1.29 is 0 Å². The summed E-state index contributed by atoms with van der Waals surface area (Å²) in [5.41, 5.74) is 7.03. The summed E-state index contributed by atoms with van der Waals surface area (Å²) >= 11 is 0. The molecule has 2 aromatic carbocycles. The first-order valence-corrected chi connectivity index (χ1v) is 15.9. The minimum absolute atomic E-state index is 0.413. The van der Waals surface area contributed by atoms with E-state index < -0.39 is 0 Å². The van der Waals surface area contributed by atoms with Crippen LogP contribution in [0, 0.1) is 17.8 Å². The highest BCUT2D eigenvalue weighted by atomic mass is 15.1. The predicted octanol–water partition coefficient (Wildman–Crippen LogP) is 9.93. The monoisotopic (exact) mass is 556 g/mol. The molecule has 0 aliphatic rings. The lowest BCUT2D eigenvalue weighted by atomic mass is 10.0. The topological polar surface area (TPSA) is 31.2 Å². The number of allylic oxidation sites excluding steroid dienone is 1.